The van der Waals surface area contributed by atoms with Gasteiger partial charge in [-0.05, 0) is 33.1 Å². The summed E-state index contributed by atoms with van der Waals surface area (Å²) < 4.78 is 1.77. The fourth-order valence-corrected chi connectivity index (χ4v) is 3.48. The molecule has 0 saturated carbocycles. The number of hydrogen-bond acceptors (Lipinski definition) is 5. The lowest BCUT2D eigenvalue weighted by Crippen LogP contribution is -2.47. The van der Waals surface area contributed by atoms with Crippen LogP contribution in [0.2, 0.25) is 0 Å². The number of rotatable bonds is 5. The van der Waals surface area contributed by atoms with Crippen LogP contribution in [-0.2, 0) is 11.8 Å². The van der Waals surface area contributed by atoms with E-state index >= 15 is 0 Å². The first-order chi connectivity index (χ1) is 12.0. The van der Waals surface area contributed by atoms with Gasteiger partial charge in [-0.2, -0.15) is 5.10 Å². The summed E-state index contributed by atoms with van der Waals surface area (Å²) in [6.07, 6.45) is 5.85. The van der Waals surface area contributed by atoms with Crippen LogP contribution < -0.4 is 10.2 Å². The van der Waals surface area contributed by atoms with Crippen molar-refractivity contribution < 1.29 is 4.79 Å². The Balaban J connectivity index is 1.84. The number of amides is 1. The quantitative estimate of drug-likeness (QED) is 0.842. The van der Waals surface area contributed by atoms with Gasteiger partial charge in [0.15, 0.2) is 5.65 Å². The SMILES string of the molecule is CCCCNC(=O)C1CCC(C)N(c2nc(C)nc3c2cnn3C)C1. The molecule has 1 amide bonds. The summed E-state index contributed by atoms with van der Waals surface area (Å²) in [5.74, 6) is 1.80. The molecular formula is C18H28N6O. The highest BCUT2D eigenvalue weighted by Gasteiger charge is 2.32. The van der Waals surface area contributed by atoms with Gasteiger partial charge >= 0.3 is 0 Å². The van der Waals surface area contributed by atoms with E-state index in [4.69, 9.17) is 0 Å². The van der Waals surface area contributed by atoms with E-state index in [-0.39, 0.29) is 11.8 Å². The van der Waals surface area contributed by atoms with Gasteiger partial charge in [0.25, 0.3) is 0 Å². The third-order valence-electron chi connectivity index (χ3n) is 5.04. The maximum absolute atomic E-state index is 12.5. The summed E-state index contributed by atoms with van der Waals surface area (Å²) in [4.78, 5) is 24.0. The topological polar surface area (TPSA) is 75.9 Å². The van der Waals surface area contributed by atoms with Crippen molar-refractivity contribution in [3.05, 3.63) is 12.0 Å². The Bertz CT molecular complexity index is 755. The van der Waals surface area contributed by atoms with Crippen LogP contribution in [0, 0.1) is 12.8 Å². The molecule has 0 aliphatic carbocycles. The second-order valence-electron chi connectivity index (χ2n) is 7.02. The first kappa shape index (κ1) is 17.6. The second kappa shape index (κ2) is 7.37. The summed E-state index contributed by atoms with van der Waals surface area (Å²) in [6.45, 7) is 7.69. The van der Waals surface area contributed by atoms with Crippen LogP contribution in [0.4, 0.5) is 5.82 Å². The monoisotopic (exact) mass is 344 g/mol. The molecule has 1 aliphatic rings. The van der Waals surface area contributed by atoms with Crippen molar-refractivity contribution in [1.82, 2.24) is 25.1 Å². The molecule has 7 heteroatoms. The van der Waals surface area contributed by atoms with Crippen molar-refractivity contribution in [3.63, 3.8) is 0 Å². The van der Waals surface area contributed by atoms with Gasteiger partial charge in [-0.1, -0.05) is 13.3 Å². The van der Waals surface area contributed by atoms with Crippen LogP contribution in [0.15, 0.2) is 6.20 Å². The number of hydrogen-bond donors (Lipinski definition) is 1. The normalized spacial score (nSPS) is 20.9. The number of aryl methyl sites for hydroxylation is 2. The van der Waals surface area contributed by atoms with Crippen molar-refractivity contribution >= 4 is 22.8 Å². The van der Waals surface area contributed by atoms with Crippen molar-refractivity contribution in [3.8, 4) is 0 Å². The number of anilines is 1. The first-order valence-electron chi connectivity index (χ1n) is 9.22. The van der Waals surface area contributed by atoms with Crippen LogP contribution in [0.1, 0.15) is 45.4 Å². The molecule has 0 spiro atoms. The highest BCUT2D eigenvalue weighted by Crippen LogP contribution is 2.31. The van der Waals surface area contributed by atoms with E-state index in [2.05, 4.69) is 39.1 Å². The molecule has 1 fully saturated rings. The average molecular weight is 344 g/mol. The molecule has 2 unspecified atom stereocenters. The zero-order valence-electron chi connectivity index (χ0n) is 15.6. The van der Waals surface area contributed by atoms with Gasteiger partial charge in [0.2, 0.25) is 5.91 Å². The Morgan fingerprint density at radius 2 is 2.16 bits per heavy atom. The minimum Gasteiger partial charge on any atom is -0.356 e. The predicted octanol–water partition coefficient (Wildman–Crippen LogP) is 2.19. The zero-order chi connectivity index (χ0) is 18.0. The van der Waals surface area contributed by atoms with E-state index in [1.165, 1.54) is 0 Å². The van der Waals surface area contributed by atoms with Crippen molar-refractivity contribution in [1.29, 1.82) is 0 Å². The fourth-order valence-electron chi connectivity index (χ4n) is 3.48. The van der Waals surface area contributed by atoms with E-state index in [0.717, 1.165) is 54.9 Å². The molecule has 1 aliphatic heterocycles. The minimum atomic E-state index is 0.00930. The lowest BCUT2D eigenvalue weighted by atomic mass is 9.92. The Kier molecular flexibility index (Phi) is 5.20. The summed E-state index contributed by atoms with van der Waals surface area (Å²) in [5.41, 5.74) is 0.837. The van der Waals surface area contributed by atoms with Crippen LogP contribution in [-0.4, -0.2) is 44.8 Å². The van der Waals surface area contributed by atoms with Crippen molar-refractivity contribution in [2.75, 3.05) is 18.0 Å². The molecule has 25 heavy (non-hydrogen) atoms. The standard InChI is InChI=1S/C18H28N6O/c1-5-6-9-19-18(25)14-8-7-12(2)24(11-14)17-15-10-20-23(4)16(15)21-13(3)22-17/h10,12,14H,5-9,11H2,1-4H3,(H,19,25). The molecule has 7 nitrogen and oxygen atoms in total. The van der Waals surface area contributed by atoms with E-state index in [1.807, 2.05) is 20.2 Å². The first-order valence-corrected chi connectivity index (χ1v) is 9.22. The van der Waals surface area contributed by atoms with Crippen LogP contribution in [0.5, 0.6) is 0 Å². The lowest BCUT2D eigenvalue weighted by Gasteiger charge is -2.38. The van der Waals surface area contributed by atoms with Crippen LogP contribution in [0.3, 0.4) is 0 Å². The van der Waals surface area contributed by atoms with Crippen molar-refractivity contribution in [2.24, 2.45) is 13.0 Å². The number of nitrogens with one attached hydrogen (secondary N) is 1. The Morgan fingerprint density at radius 1 is 1.36 bits per heavy atom. The van der Waals surface area contributed by atoms with E-state index in [1.54, 1.807) is 4.68 Å². The Labute approximate surface area is 148 Å². The van der Waals surface area contributed by atoms with Crippen molar-refractivity contribution in [2.45, 2.75) is 52.5 Å². The highest BCUT2D eigenvalue weighted by molar-refractivity contribution is 5.88. The van der Waals surface area contributed by atoms with Crippen LogP contribution in [0.25, 0.3) is 11.0 Å². The third kappa shape index (κ3) is 3.60. The average Bonchev–Trinajstić information content (AvgIpc) is 2.96. The highest BCUT2D eigenvalue weighted by atomic mass is 16.1. The molecule has 1 saturated heterocycles. The molecule has 3 rings (SSSR count). The van der Waals surface area contributed by atoms with Gasteiger partial charge in [-0.15, -0.1) is 0 Å². The van der Waals surface area contributed by atoms with Gasteiger partial charge in [0, 0.05) is 26.2 Å². The number of carbonyl (C=O) groups is 1. The Hall–Kier alpha value is -2.18. The van der Waals surface area contributed by atoms with Gasteiger partial charge in [-0.25, -0.2) is 9.97 Å². The summed E-state index contributed by atoms with van der Waals surface area (Å²) >= 11 is 0. The van der Waals surface area contributed by atoms with Crippen LogP contribution >= 0.6 is 0 Å². The fraction of sp³-hybridized carbons (Fsp3) is 0.667. The second-order valence-corrected chi connectivity index (χ2v) is 7.02. The number of unbranched alkanes of at least 4 members (excludes halogenated alkanes) is 1. The molecule has 2 aromatic heterocycles. The molecule has 0 radical (unpaired) electrons. The van der Waals surface area contributed by atoms with E-state index in [0.29, 0.717) is 12.6 Å². The van der Waals surface area contributed by atoms with Gasteiger partial charge < -0.3 is 10.2 Å². The number of fused-ring (bicyclic) bond motifs is 1. The molecule has 2 atom stereocenters. The summed E-state index contributed by atoms with van der Waals surface area (Å²) in [5, 5.41) is 8.36. The molecule has 0 aromatic carbocycles. The zero-order valence-corrected chi connectivity index (χ0v) is 15.6. The number of carbonyl (C=O) groups excluding carboxylic acids is 1. The Morgan fingerprint density at radius 3 is 2.92 bits per heavy atom. The maximum atomic E-state index is 12.5. The minimum absolute atomic E-state index is 0.00930. The number of nitrogens with zero attached hydrogens (tertiary/aromatic N) is 5. The molecular weight excluding hydrogens is 316 g/mol. The summed E-state index contributed by atoms with van der Waals surface area (Å²) in [6, 6.07) is 0.345. The lowest BCUT2D eigenvalue weighted by molar-refractivity contribution is -0.125. The smallest absolute Gasteiger partial charge is 0.224 e. The van der Waals surface area contributed by atoms with Gasteiger partial charge in [-0.3, -0.25) is 9.48 Å². The summed E-state index contributed by atoms with van der Waals surface area (Å²) in [7, 11) is 1.89. The molecule has 136 valence electrons. The largest absolute Gasteiger partial charge is 0.356 e. The third-order valence-corrected chi connectivity index (χ3v) is 5.04. The van der Waals surface area contributed by atoms with E-state index in [9.17, 15) is 4.79 Å². The van der Waals surface area contributed by atoms with Gasteiger partial charge in [0.1, 0.15) is 11.6 Å². The number of piperidine rings is 1. The predicted molar refractivity (Wildman–Crippen MR) is 98.5 cm³/mol. The van der Waals surface area contributed by atoms with E-state index < -0.39 is 0 Å². The molecule has 2 aromatic rings. The van der Waals surface area contributed by atoms with Gasteiger partial charge in [0.05, 0.1) is 17.5 Å². The maximum Gasteiger partial charge on any atom is 0.224 e. The number of aromatic nitrogens is 4. The molecule has 3 heterocycles. The molecule has 0 bridgehead atoms. The molecule has 1 N–H and O–H groups in total.